The number of piperazine rings is 1. The third-order valence-electron chi connectivity index (χ3n) is 4.96. The minimum Gasteiger partial charge on any atom is -0.485 e. The molecule has 1 saturated heterocycles. The van der Waals surface area contributed by atoms with Gasteiger partial charge in [0, 0.05) is 26.2 Å². The van der Waals surface area contributed by atoms with E-state index >= 15 is 0 Å². The van der Waals surface area contributed by atoms with Crippen LogP contribution >= 0.6 is 0 Å². The second-order valence-corrected chi connectivity index (χ2v) is 6.97. The summed E-state index contributed by atoms with van der Waals surface area (Å²) in [6.45, 7) is 6.06. The average Bonchev–Trinajstić information content (AvgIpc) is 3.39. The largest absolute Gasteiger partial charge is 0.485 e. The Kier molecular flexibility index (Phi) is 5.48. The smallest absolute Gasteiger partial charge is 0.289 e. The maximum atomic E-state index is 12.7. The molecule has 6 nitrogen and oxygen atoms in total. The molecule has 0 bridgehead atoms. The van der Waals surface area contributed by atoms with Gasteiger partial charge in [-0.1, -0.05) is 18.2 Å². The molecule has 0 unspecified atom stereocenters. The van der Waals surface area contributed by atoms with E-state index in [1.54, 1.807) is 18.4 Å². The summed E-state index contributed by atoms with van der Waals surface area (Å²) in [7, 11) is 0. The van der Waals surface area contributed by atoms with Crippen LogP contribution in [-0.4, -0.2) is 41.9 Å². The van der Waals surface area contributed by atoms with Crippen molar-refractivity contribution in [1.82, 2.24) is 9.80 Å². The van der Waals surface area contributed by atoms with Gasteiger partial charge < -0.3 is 18.5 Å². The van der Waals surface area contributed by atoms with E-state index < -0.39 is 0 Å². The molecule has 2 aromatic heterocycles. The number of carbonyl (C=O) groups excluding carboxylic acids is 1. The average molecular weight is 380 g/mol. The molecule has 1 amide bonds. The molecule has 146 valence electrons. The van der Waals surface area contributed by atoms with Gasteiger partial charge in [0.25, 0.3) is 5.91 Å². The van der Waals surface area contributed by atoms with Crippen LogP contribution in [0.5, 0.6) is 5.75 Å². The van der Waals surface area contributed by atoms with Gasteiger partial charge in [-0.05, 0) is 42.8 Å². The molecule has 0 atom stereocenters. The highest BCUT2D eigenvalue weighted by Crippen LogP contribution is 2.19. The lowest BCUT2D eigenvalue weighted by atomic mass is 10.2. The molecule has 0 spiro atoms. The topological polar surface area (TPSA) is 59.1 Å². The SMILES string of the molecule is Cc1ccccc1OCc1ccc(C(=O)N2CCN(Cc3ccco3)CC2)o1. The number of hydrogen-bond acceptors (Lipinski definition) is 5. The van der Waals surface area contributed by atoms with Gasteiger partial charge in [-0.3, -0.25) is 9.69 Å². The Morgan fingerprint density at radius 3 is 2.57 bits per heavy atom. The zero-order valence-corrected chi connectivity index (χ0v) is 16.0. The van der Waals surface area contributed by atoms with E-state index in [0.29, 0.717) is 31.2 Å². The van der Waals surface area contributed by atoms with Crippen molar-refractivity contribution in [2.75, 3.05) is 26.2 Å². The highest BCUT2D eigenvalue weighted by Gasteiger charge is 2.24. The lowest BCUT2D eigenvalue weighted by molar-refractivity contribution is 0.0586. The van der Waals surface area contributed by atoms with Gasteiger partial charge in [0.15, 0.2) is 5.76 Å². The molecule has 0 radical (unpaired) electrons. The van der Waals surface area contributed by atoms with E-state index in [1.807, 2.05) is 48.2 Å². The number of para-hydroxylation sites is 1. The summed E-state index contributed by atoms with van der Waals surface area (Å²) in [5.74, 6) is 2.70. The van der Waals surface area contributed by atoms with Crippen molar-refractivity contribution < 1.29 is 18.4 Å². The third-order valence-corrected chi connectivity index (χ3v) is 4.96. The van der Waals surface area contributed by atoms with Gasteiger partial charge in [0.05, 0.1) is 12.8 Å². The number of ether oxygens (including phenoxy) is 1. The Labute approximate surface area is 164 Å². The van der Waals surface area contributed by atoms with E-state index in [2.05, 4.69) is 4.90 Å². The van der Waals surface area contributed by atoms with Gasteiger partial charge in [-0.2, -0.15) is 0 Å². The van der Waals surface area contributed by atoms with Crippen molar-refractivity contribution in [2.45, 2.75) is 20.1 Å². The van der Waals surface area contributed by atoms with Crippen LogP contribution < -0.4 is 4.74 Å². The first-order valence-corrected chi connectivity index (χ1v) is 9.50. The molecule has 0 saturated carbocycles. The molecule has 1 aliphatic rings. The van der Waals surface area contributed by atoms with Crippen LogP contribution in [0, 0.1) is 6.92 Å². The first-order chi connectivity index (χ1) is 13.7. The van der Waals surface area contributed by atoms with Crippen LogP contribution in [0.3, 0.4) is 0 Å². The Balaban J connectivity index is 1.29. The summed E-state index contributed by atoms with van der Waals surface area (Å²) in [6.07, 6.45) is 1.69. The lowest BCUT2D eigenvalue weighted by Crippen LogP contribution is -2.48. The fourth-order valence-electron chi connectivity index (χ4n) is 3.33. The molecule has 1 aromatic carbocycles. The standard InChI is InChI=1S/C22H24N2O4/c1-17-5-2-3-7-20(17)27-16-19-8-9-21(28-19)22(25)24-12-10-23(11-13-24)15-18-6-4-14-26-18/h2-9,14H,10-13,15-16H2,1H3. The number of aryl methyl sites for hydroxylation is 1. The maximum absolute atomic E-state index is 12.7. The number of nitrogens with zero attached hydrogens (tertiary/aromatic N) is 2. The van der Waals surface area contributed by atoms with E-state index in [4.69, 9.17) is 13.6 Å². The number of hydrogen-bond donors (Lipinski definition) is 0. The van der Waals surface area contributed by atoms with Crippen LogP contribution in [0.15, 0.2) is 63.6 Å². The predicted molar refractivity (Wildman–Crippen MR) is 104 cm³/mol. The van der Waals surface area contributed by atoms with Crippen molar-refractivity contribution in [3.8, 4) is 5.75 Å². The molecule has 6 heteroatoms. The van der Waals surface area contributed by atoms with Crippen LogP contribution in [-0.2, 0) is 13.2 Å². The molecule has 3 aromatic rings. The Bertz CT molecular complexity index is 908. The Morgan fingerprint density at radius 2 is 1.82 bits per heavy atom. The van der Waals surface area contributed by atoms with Crippen LogP contribution in [0.4, 0.5) is 0 Å². The van der Waals surface area contributed by atoms with Crippen molar-refractivity contribution >= 4 is 5.91 Å². The van der Waals surface area contributed by atoms with Crippen LogP contribution in [0.2, 0.25) is 0 Å². The number of benzene rings is 1. The number of amides is 1. The summed E-state index contributed by atoms with van der Waals surface area (Å²) in [5, 5.41) is 0. The number of furan rings is 2. The van der Waals surface area contributed by atoms with E-state index in [0.717, 1.165) is 36.7 Å². The Morgan fingerprint density at radius 1 is 1.00 bits per heavy atom. The number of carbonyl (C=O) groups is 1. The quantitative estimate of drug-likeness (QED) is 0.652. The zero-order chi connectivity index (χ0) is 19.3. The fraction of sp³-hybridized carbons (Fsp3) is 0.318. The Hall–Kier alpha value is -2.99. The van der Waals surface area contributed by atoms with Crippen LogP contribution in [0.25, 0.3) is 0 Å². The monoisotopic (exact) mass is 380 g/mol. The minimum atomic E-state index is -0.0696. The summed E-state index contributed by atoms with van der Waals surface area (Å²) in [5.41, 5.74) is 1.07. The predicted octanol–water partition coefficient (Wildman–Crippen LogP) is 3.72. The third kappa shape index (κ3) is 4.28. The summed E-state index contributed by atoms with van der Waals surface area (Å²) < 4.78 is 16.9. The molecule has 1 fully saturated rings. The fourth-order valence-corrected chi connectivity index (χ4v) is 3.33. The summed E-state index contributed by atoms with van der Waals surface area (Å²) in [6, 6.07) is 15.2. The van der Waals surface area contributed by atoms with E-state index in [1.165, 1.54) is 0 Å². The molecule has 1 aliphatic heterocycles. The highest BCUT2D eigenvalue weighted by atomic mass is 16.5. The van der Waals surface area contributed by atoms with Gasteiger partial charge in [0.2, 0.25) is 0 Å². The van der Waals surface area contributed by atoms with Gasteiger partial charge in [0.1, 0.15) is 23.9 Å². The zero-order valence-electron chi connectivity index (χ0n) is 16.0. The minimum absolute atomic E-state index is 0.0696. The molecule has 28 heavy (non-hydrogen) atoms. The van der Waals surface area contributed by atoms with Crippen molar-refractivity contribution in [1.29, 1.82) is 0 Å². The normalized spacial score (nSPS) is 15.0. The summed E-state index contributed by atoms with van der Waals surface area (Å²) >= 11 is 0. The maximum Gasteiger partial charge on any atom is 0.289 e. The molecular formula is C22H24N2O4. The second-order valence-electron chi connectivity index (χ2n) is 6.97. The molecule has 0 aliphatic carbocycles. The van der Waals surface area contributed by atoms with Gasteiger partial charge >= 0.3 is 0 Å². The molecule has 3 heterocycles. The van der Waals surface area contributed by atoms with Crippen molar-refractivity contribution in [2.24, 2.45) is 0 Å². The molecule has 4 rings (SSSR count). The second kappa shape index (κ2) is 8.35. The first kappa shape index (κ1) is 18.4. The van der Waals surface area contributed by atoms with Gasteiger partial charge in [-0.25, -0.2) is 0 Å². The van der Waals surface area contributed by atoms with Crippen molar-refractivity contribution in [3.05, 3.63) is 77.6 Å². The molecule has 0 N–H and O–H groups in total. The van der Waals surface area contributed by atoms with E-state index in [-0.39, 0.29) is 5.91 Å². The van der Waals surface area contributed by atoms with Gasteiger partial charge in [-0.15, -0.1) is 0 Å². The van der Waals surface area contributed by atoms with Crippen LogP contribution in [0.1, 0.15) is 27.6 Å². The number of rotatable bonds is 6. The lowest BCUT2D eigenvalue weighted by Gasteiger charge is -2.33. The highest BCUT2D eigenvalue weighted by molar-refractivity contribution is 5.91. The van der Waals surface area contributed by atoms with E-state index in [9.17, 15) is 4.79 Å². The first-order valence-electron chi connectivity index (χ1n) is 9.50. The summed E-state index contributed by atoms with van der Waals surface area (Å²) in [4.78, 5) is 16.8. The molecular weight excluding hydrogens is 356 g/mol. The van der Waals surface area contributed by atoms with Crippen molar-refractivity contribution in [3.63, 3.8) is 0 Å².